The zero-order chi connectivity index (χ0) is 36.9. The molecule has 11 atom stereocenters. The van der Waals surface area contributed by atoms with E-state index in [-0.39, 0.29) is 69.0 Å². The van der Waals surface area contributed by atoms with E-state index in [4.69, 9.17) is 28.4 Å². The van der Waals surface area contributed by atoms with Crippen LogP contribution in [0.5, 0.6) is 0 Å². The van der Waals surface area contributed by atoms with Gasteiger partial charge < -0.3 is 28.4 Å². The van der Waals surface area contributed by atoms with Crippen LogP contribution >= 0.6 is 0 Å². The molecule has 2 heterocycles. The summed E-state index contributed by atoms with van der Waals surface area (Å²) in [6.45, 7) is 26.1. The first kappa shape index (κ1) is 43.9. The number of hydrogen-bond donors (Lipinski definition) is 0. The van der Waals surface area contributed by atoms with Crippen molar-refractivity contribution in [3.8, 4) is 11.8 Å². The molecule has 6 aliphatic rings. The highest BCUT2D eigenvalue weighted by atomic mass is 16.6. The van der Waals surface area contributed by atoms with Gasteiger partial charge >= 0.3 is 11.9 Å². The zero-order valence-electron chi connectivity index (χ0n) is 32.1. The third-order valence-electron chi connectivity index (χ3n) is 13.3. The van der Waals surface area contributed by atoms with Crippen molar-refractivity contribution in [1.29, 1.82) is 0 Å². The second-order valence-electron chi connectivity index (χ2n) is 15.7. The van der Waals surface area contributed by atoms with Gasteiger partial charge in [0.05, 0.1) is 12.8 Å². The maximum Gasteiger partial charge on any atom is 0.308 e. The van der Waals surface area contributed by atoms with E-state index in [0.717, 1.165) is 36.8 Å². The van der Waals surface area contributed by atoms with Crippen LogP contribution in [0, 0.1) is 40.4 Å². The quantitative estimate of drug-likeness (QED) is 0.133. The van der Waals surface area contributed by atoms with Gasteiger partial charge in [0, 0.05) is 49.6 Å². The summed E-state index contributed by atoms with van der Waals surface area (Å²) < 4.78 is 37.5. The fourth-order valence-electron chi connectivity index (χ4n) is 11.3. The van der Waals surface area contributed by atoms with Gasteiger partial charge in [-0.15, -0.1) is 12.5 Å². The first-order valence-corrected chi connectivity index (χ1v) is 18.9. The van der Waals surface area contributed by atoms with E-state index in [2.05, 4.69) is 39.2 Å². The number of esters is 2. The average molecular weight is 729 g/mol. The molecule has 0 N–H and O–H groups in total. The van der Waals surface area contributed by atoms with Gasteiger partial charge in [0.2, 0.25) is 5.60 Å². The van der Waals surface area contributed by atoms with E-state index in [1.165, 1.54) is 0 Å². The third-order valence-corrected chi connectivity index (χ3v) is 13.3. The van der Waals surface area contributed by atoms with E-state index < -0.39 is 33.2 Å². The highest BCUT2D eigenvalue weighted by Gasteiger charge is 2.83. The van der Waals surface area contributed by atoms with Gasteiger partial charge in [-0.05, 0) is 96.1 Å². The third kappa shape index (κ3) is 5.67. The smallest absolute Gasteiger partial charge is 0.308 e. The summed E-state index contributed by atoms with van der Waals surface area (Å²) in [6, 6.07) is 0. The van der Waals surface area contributed by atoms with Crippen molar-refractivity contribution < 1.29 is 42.8 Å². The van der Waals surface area contributed by atoms with Crippen LogP contribution in [0.1, 0.15) is 129 Å². The molecule has 0 amide bonds. The Hall–Kier alpha value is -2.51. The first-order valence-electron chi connectivity index (χ1n) is 18.9. The van der Waals surface area contributed by atoms with Crippen molar-refractivity contribution in [2.24, 2.45) is 28.6 Å². The molecule has 3 saturated carbocycles. The van der Waals surface area contributed by atoms with Gasteiger partial charge in [-0.2, -0.15) is 0 Å². The number of ether oxygens (including phenoxy) is 6. The van der Waals surface area contributed by atoms with E-state index >= 15 is 0 Å². The van der Waals surface area contributed by atoms with Crippen LogP contribution in [0.25, 0.3) is 0 Å². The average Bonchev–Trinajstić information content (AvgIpc) is 3.41. The summed E-state index contributed by atoms with van der Waals surface area (Å²) >= 11 is 0. The molecule has 2 aliphatic heterocycles. The molecule has 52 heavy (non-hydrogen) atoms. The number of ketones is 1. The number of fused-ring (bicyclic) bond motifs is 3. The molecule has 11 unspecified atom stereocenters. The second kappa shape index (κ2) is 15.7. The predicted octanol–water partition coefficient (Wildman–Crippen LogP) is 7.98. The zero-order valence-corrected chi connectivity index (χ0v) is 32.1. The number of rotatable bonds is 9. The van der Waals surface area contributed by atoms with Crippen LogP contribution < -0.4 is 0 Å². The fourth-order valence-corrected chi connectivity index (χ4v) is 11.3. The van der Waals surface area contributed by atoms with Gasteiger partial charge in [0.25, 0.3) is 0 Å². The van der Waals surface area contributed by atoms with Crippen molar-refractivity contribution >= 4 is 17.7 Å². The topological polar surface area (TPSA) is 107 Å². The minimum Gasteiger partial charge on any atom is -0.448 e. The van der Waals surface area contributed by atoms with Crippen molar-refractivity contribution in [2.75, 3.05) is 26.4 Å². The van der Waals surface area contributed by atoms with Gasteiger partial charge in [0.1, 0.15) is 23.4 Å². The number of carbonyl (C=O) groups excluding carboxylic acids is 3. The molecule has 2 bridgehead atoms. The van der Waals surface area contributed by atoms with E-state index in [1.54, 1.807) is 6.92 Å². The lowest BCUT2D eigenvalue weighted by molar-refractivity contribution is -0.296. The molecule has 0 radical (unpaired) electrons. The summed E-state index contributed by atoms with van der Waals surface area (Å²) in [5, 5.41) is 0. The van der Waals surface area contributed by atoms with Crippen LogP contribution in [0.15, 0.2) is 23.8 Å². The summed E-state index contributed by atoms with van der Waals surface area (Å²) in [5.74, 6) is 6.37. The van der Waals surface area contributed by atoms with Gasteiger partial charge in [0.15, 0.2) is 11.4 Å². The van der Waals surface area contributed by atoms with Gasteiger partial charge in [-0.1, -0.05) is 48.6 Å². The Labute approximate surface area is 314 Å². The van der Waals surface area contributed by atoms with Gasteiger partial charge in [-0.3, -0.25) is 14.4 Å². The van der Waals surface area contributed by atoms with Crippen LogP contribution in [0.4, 0.5) is 0 Å². The lowest BCUT2D eigenvalue weighted by Crippen LogP contribution is -2.76. The summed E-state index contributed by atoms with van der Waals surface area (Å²) in [5.41, 5.74) is -2.68. The standard InChI is InChI=1S/C21H30O5.C20H30O4.2CH4/c1-6-24-18-12(3)8-9-20(25-7-2)19(5)11-16(23)26-21(18,20)17-13(4)15(22)10-14(17)19;1-7-12-19-17(22-9-3)15(5)11-13-20(19,23-10-4)18(6,8-2)14-16(21)24-19;;/h12,14,18H,6-11H2,1-5H3;8,15,17H,2,9-11,13-14H2,1,3-6H3;2*1H4. The molecular formula is C43H68O9. The van der Waals surface area contributed by atoms with Gasteiger partial charge in [-0.25, -0.2) is 0 Å². The first-order chi connectivity index (χ1) is 23.6. The van der Waals surface area contributed by atoms with Crippen LogP contribution in [0.3, 0.4) is 0 Å². The molecule has 0 spiro atoms. The minimum absolute atomic E-state index is 0. The number of allylic oxidation sites excluding steroid dienone is 1. The number of Topliss-reactive ketones (excluding diaryl/α,β-unsaturated/α-hetero) is 1. The largest absolute Gasteiger partial charge is 0.448 e. The van der Waals surface area contributed by atoms with Crippen molar-refractivity contribution in [1.82, 2.24) is 0 Å². The molecular weight excluding hydrogens is 660 g/mol. The Kier molecular flexibility index (Phi) is 13.2. The second-order valence-corrected chi connectivity index (χ2v) is 15.7. The Morgan fingerprint density at radius 2 is 1.37 bits per heavy atom. The Balaban J connectivity index is 0.000000271. The van der Waals surface area contributed by atoms with Crippen LogP contribution in [-0.4, -0.2) is 78.8 Å². The van der Waals surface area contributed by atoms with Crippen molar-refractivity contribution in [3.63, 3.8) is 0 Å². The number of hydrogen-bond acceptors (Lipinski definition) is 9. The summed E-state index contributed by atoms with van der Waals surface area (Å²) in [7, 11) is 0. The highest BCUT2D eigenvalue weighted by molar-refractivity contribution is 6.00. The SMILES string of the molecule is C.C.C=CC1(C)CC(=O)OC2(C#CC)C(OCC)C(C)CCC12OCC.CCOC1C(C)CCC2(OCC)C3(C)CC(=O)OC12C1=C(C)C(=O)CC13. The molecule has 0 aromatic carbocycles. The molecule has 9 nitrogen and oxygen atoms in total. The normalized spacial score (nSPS) is 42.7. The van der Waals surface area contributed by atoms with E-state index in [9.17, 15) is 14.4 Å². The minimum atomic E-state index is -1.11. The molecule has 294 valence electrons. The molecule has 2 saturated heterocycles. The van der Waals surface area contributed by atoms with E-state index in [0.29, 0.717) is 39.3 Å². The van der Waals surface area contributed by atoms with Crippen LogP contribution in [0.2, 0.25) is 0 Å². The van der Waals surface area contributed by atoms with Crippen LogP contribution in [-0.2, 0) is 42.8 Å². The maximum absolute atomic E-state index is 12.8. The molecule has 0 aromatic heterocycles. The number of carbonyl (C=O) groups is 3. The molecule has 9 heteroatoms. The molecule has 6 rings (SSSR count). The van der Waals surface area contributed by atoms with Crippen molar-refractivity contribution in [3.05, 3.63) is 23.8 Å². The lowest BCUT2D eigenvalue weighted by atomic mass is 9.53. The molecule has 4 aliphatic carbocycles. The van der Waals surface area contributed by atoms with Crippen molar-refractivity contribution in [2.45, 2.75) is 164 Å². The molecule has 0 aromatic rings. The monoisotopic (exact) mass is 728 g/mol. The fraction of sp³-hybridized carbons (Fsp3) is 0.791. The Morgan fingerprint density at radius 3 is 1.92 bits per heavy atom. The highest BCUT2D eigenvalue weighted by Crippen LogP contribution is 2.73. The summed E-state index contributed by atoms with van der Waals surface area (Å²) in [4.78, 5) is 37.9. The Morgan fingerprint density at radius 1 is 0.827 bits per heavy atom. The molecule has 5 fully saturated rings. The lowest BCUT2D eigenvalue weighted by Gasteiger charge is -2.62. The summed E-state index contributed by atoms with van der Waals surface area (Å²) in [6.07, 6.45) is 5.73. The van der Waals surface area contributed by atoms with E-state index in [1.807, 2.05) is 47.6 Å². The maximum atomic E-state index is 12.8. The Bertz CT molecular complexity index is 1470. The predicted molar refractivity (Wildman–Crippen MR) is 202 cm³/mol.